The Labute approximate surface area is 210 Å². The van der Waals surface area contributed by atoms with Gasteiger partial charge in [0.25, 0.3) is 0 Å². The Morgan fingerprint density at radius 3 is 2.69 bits per heavy atom. The number of rotatable bonds is 13. The molecule has 10 heteroatoms. The molecule has 190 valence electrons. The van der Waals surface area contributed by atoms with Crippen molar-refractivity contribution in [1.29, 1.82) is 0 Å². The van der Waals surface area contributed by atoms with Crippen molar-refractivity contribution in [3.8, 4) is 0 Å². The fourth-order valence-corrected chi connectivity index (χ4v) is 5.36. The number of pyridine rings is 1. The van der Waals surface area contributed by atoms with Crippen LogP contribution in [0.5, 0.6) is 0 Å². The third-order valence-electron chi connectivity index (χ3n) is 6.60. The molecule has 0 aliphatic heterocycles. The molecule has 0 saturated heterocycles. The molecule has 0 unspecified atom stereocenters. The predicted molar refractivity (Wildman–Crippen MR) is 134 cm³/mol. The fourth-order valence-electron chi connectivity index (χ4n) is 4.83. The van der Waals surface area contributed by atoms with Crippen LogP contribution in [0, 0.1) is 11.8 Å². The topological polar surface area (TPSA) is 125 Å². The molecule has 0 aromatic carbocycles. The van der Waals surface area contributed by atoms with Crippen molar-refractivity contribution in [2.75, 3.05) is 5.32 Å². The maximum atomic E-state index is 13.7. The largest absolute Gasteiger partial charge is 0.344 e. The van der Waals surface area contributed by atoms with Gasteiger partial charge in [-0.05, 0) is 30.4 Å². The summed E-state index contributed by atoms with van der Waals surface area (Å²) in [6, 6.07) is 2.11. The van der Waals surface area contributed by atoms with Crippen molar-refractivity contribution >= 4 is 34.7 Å². The van der Waals surface area contributed by atoms with E-state index in [1.807, 2.05) is 13.0 Å². The summed E-state index contributed by atoms with van der Waals surface area (Å²) in [6.07, 6.45) is 12.8. The van der Waals surface area contributed by atoms with Gasteiger partial charge in [-0.15, -0.1) is 11.3 Å². The minimum Gasteiger partial charge on any atom is -0.344 e. The SMILES string of the molecule is CCC[C@@H]([C@@H](CC1CCCCC1)C(=O)N[C@@H](Cc1cccnc1)C(=O)Nc1nccs1)N(O)C=O. The number of hydrogen-bond acceptors (Lipinski definition) is 7. The molecule has 35 heavy (non-hydrogen) atoms. The first-order chi connectivity index (χ1) is 17.0. The number of nitrogens with zero attached hydrogens (tertiary/aromatic N) is 3. The van der Waals surface area contributed by atoms with Crippen LogP contribution in [0.25, 0.3) is 0 Å². The second-order valence-corrected chi connectivity index (χ2v) is 10.0. The van der Waals surface area contributed by atoms with Crippen LogP contribution in [0.15, 0.2) is 36.1 Å². The van der Waals surface area contributed by atoms with E-state index in [9.17, 15) is 19.6 Å². The summed E-state index contributed by atoms with van der Waals surface area (Å²) in [7, 11) is 0. The molecule has 3 N–H and O–H groups in total. The summed E-state index contributed by atoms with van der Waals surface area (Å²) in [6.45, 7) is 1.95. The number of hydroxylamine groups is 2. The number of hydrogen-bond donors (Lipinski definition) is 3. The molecule has 2 heterocycles. The zero-order valence-corrected chi connectivity index (χ0v) is 21.0. The molecule has 1 aliphatic carbocycles. The van der Waals surface area contributed by atoms with Crippen LogP contribution in [-0.4, -0.2) is 50.5 Å². The van der Waals surface area contributed by atoms with E-state index in [1.165, 1.54) is 17.8 Å². The number of carbonyl (C=O) groups excluding carboxylic acids is 3. The second kappa shape index (κ2) is 13.9. The highest BCUT2D eigenvalue weighted by Crippen LogP contribution is 2.32. The summed E-state index contributed by atoms with van der Waals surface area (Å²) >= 11 is 1.30. The monoisotopic (exact) mass is 501 g/mol. The number of aromatic nitrogens is 2. The Hall–Kier alpha value is -2.85. The molecular formula is C25H35N5O4S. The Morgan fingerprint density at radius 2 is 2.06 bits per heavy atom. The smallest absolute Gasteiger partial charge is 0.249 e. The first kappa shape index (κ1) is 26.7. The average molecular weight is 502 g/mol. The minimum atomic E-state index is -0.866. The van der Waals surface area contributed by atoms with Crippen LogP contribution in [0.2, 0.25) is 0 Å². The summed E-state index contributed by atoms with van der Waals surface area (Å²) in [4.78, 5) is 46.5. The Balaban J connectivity index is 1.82. The third-order valence-corrected chi connectivity index (χ3v) is 7.29. The van der Waals surface area contributed by atoms with E-state index in [0.717, 1.165) is 31.2 Å². The maximum Gasteiger partial charge on any atom is 0.249 e. The second-order valence-electron chi connectivity index (χ2n) is 9.14. The lowest BCUT2D eigenvalue weighted by molar-refractivity contribution is -0.169. The number of anilines is 1. The number of nitrogens with one attached hydrogen (secondary N) is 2. The predicted octanol–water partition coefficient (Wildman–Crippen LogP) is 3.81. The van der Waals surface area contributed by atoms with Crippen LogP contribution in [0.3, 0.4) is 0 Å². The van der Waals surface area contributed by atoms with Gasteiger partial charge in [0, 0.05) is 30.4 Å². The molecule has 0 spiro atoms. The molecule has 0 radical (unpaired) electrons. The minimum absolute atomic E-state index is 0.252. The Bertz CT molecular complexity index is 921. The Morgan fingerprint density at radius 1 is 1.26 bits per heavy atom. The standard InChI is InChI=1S/C25H35N5O4S/c1-2-7-22(30(34)17-31)20(14-18-8-4-3-5-9-18)23(32)28-21(15-19-10-6-11-26-16-19)24(33)29-25-27-12-13-35-25/h6,10-13,16-18,20-22,34H,2-5,7-9,14-15H2,1H3,(H,28,32)(H,27,29,33)/t20-,21+,22+/m1/s1. The van der Waals surface area contributed by atoms with Crippen molar-refractivity contribution in [3.05, 3.63) is 41.7 Å². The maximum absolute atomic E-state index is 13.7. The zero-order valence-electron chi connectivity index (χ0n) is 20.1. The van der Waals surface area contributed by atoms with Crippen LogP contribution in [0.1, 0.15) is 63.9 Å². The van der Waals surface area contributed by atoms with Gasteiger partial charge in [-0.2, -0.15) is 0 Å². The highest BCUT2D eigenvalue weighted by molar-refractivity contribution is 7.13. The van der Waals surface area contributed by atoms with Crippen molar-refractivity contribution < 1.29 is 19.6 Å². The first-order valence-electron chi connectivity index (χ1n) is 12.3. The highest BCUT2D eigenvalue weighted by Gasteiger charge is 2.36. The summed E-state index contributed by atoms with van der Waals surface area (Å²) in [5.74, 6) is -0.993. The van der Waals surface area contributed by atoms with Gasteiger partial charge in [0.1, 0.15) is 6.04 Å². The molecule has 2 aromatic heterocycles. The van der Waals surface area contributed by atoms with E-state index in [0.29, 0.717) is 41.8 Å². The fraction of sp³-hybridized carbons (Fsp3) is 0.560. The molecule has 2 aromatic rings. The van der Waals surface area contributed by atoms with Gasteiger partial charge in [-0.3, -0.25) is 24.6 Å². The van der Waals surface area contributed by atoms with Gasteiger partial charge in [-0.1, -0.05) is 51.5 Å². The molecule has 3 amide bonds. The number of thiazole rings is 1. The summed E-state index contributed by atoms with van der Waals surface area (Å²) < 4.78 is 0. The normalized spacial score (nSPS) is 16.6. The molecule has 1 fully saturated rings. The van der Waals surface area contributed by atoms with Gasteiger partial charge in [-0.25, -0.2) is 10.0 Å². The van der Waals surface area contributed by atoms with E-state index >= 15 is 0 Å². The van der Waals surface area contributed by atoms with Crippen LogP contribution in [-0.2, 0) is 20.8 Å². The lowest BCUT2D eigenvalue weighted by Crippen LogP contribution is -2.52. The van der Waals surface area contributed by atoms with Crippen molar-refractivity contribution in [3.63, 3.8) is 0 Å². The third kappa shape index (κ3) is 8.10. The van der Waals surface area contributed by atoms with Gasteiger partial charge in [0.05, 0.1) is 12.0 Å². The molecular weight excluding hydrogens is 466 g/mol. The molecule has 9 nitrogen and oxygen atoms in total. The van der Waals surface area contributed by atoms with Crippen LogP contribution in [0.4, 0.5) is 5.13 Å². The van der Waals surface area contributed by atoms with Gasteiger partial charge in [0.15, 0.2) is 5.13 Å². The highest BCUT2D eigenvalue weighted by atomic mass is 32.1. The van der Waals surface area contributed by atoms with Gasteiger partial charge < -0.3 is 10.6 Å². The molecule has 3 rings (SSSR count). The van der Waals surface area contributed by atoms with E-state index in [-0.39, 0.29) is 18.2 Å². The van der Waals surface area contributed by atoms with Crippen LogP contribution >= 0.6 is 11.3 Å². The molecule has 0 bridgehead atoms. The number of amides is 3. The first-order valence-corrected chi connectivity index (χ1v) is 13.2. The van der Waals surface area contributed by atoms with Gasteiger partial charge >= 0.3 is 0 Å². The van der Waals surface area contributed by atoms with E-state index < -0.39 is 18.0 Å². The zero-order chi connectivity index (χ0) is 25.0. The van der Waals surface area contributed by atoms with Crippen molar-refractivity contribution in [2.45, 2.75) is 76.8 Å². The summed E-state index contributed by atoms with van der Waals surface area (Å²) in [5, 5.41) is 18.9. The lowest BCUT2D eigenvalue weighted by Gasteiger charge is -2.34. The van der Waals surface area contributed by atoms with Crippen molar-refractivity contribution in [1.82, 2.24) is 20.3 Å². The van der Waals surface area contributed by atoms with E-state index in [4.69, 9.17) is 0 Å². The number of carbonyl (C=O) groups is 3. The molecule has 3 atom stereocenters. The van der Waals surface area contributed by atoms with E-state index in [1.54, 1.807) is 30.0 Å². The van der Waals surface area contributed by atoms with E-state index in [2.05, 4.69) is 20.6 Å². The summed E-state index contributed by atoms with van der Waals surface area (Å²) in [5.41, 5.74) is 0.803. The average Bonchev–Trinajstić information content (AvgIpc) is 3.39. The quantitative estimate of drug-likeness (QED) is 0.218. The van der Waals surface area contributed by atoms with Gasteiger partial charge in [0.2, 0.25) is 18.2 Å². The molecule has 1 aliphatic rings. The van der Waals surface area contributed by atoms with Crippen molar-refractivity contribution in [2.24, 2.45) is 11.8 Å². The lowest BCUT2D eigenvalue weighted by atomic mass is 9.79. The molecule has 1 saturated carbocycles. The Kier molecular flexibility index (Phi) is 10.6. The van der Waals surface area contributed by atoms with Crippen LogP contribution < -0.4 is 10.6 Å².